The van der Waals surface area contributed by atoms with Crippen molar-refractivity contribution in [3.63, 3.8) is 0 Å². The van der Waals surface area contributed by atoms with Gasteiger partial charge in [-0.3, -0.25) is 0 Å². The van der Waals surface area contributed by atoms with E-state index in [1.165, 1.54) is 0 Å². The molecule has 0 amide bonds. The average molecular weight is 226 g/mol. The molecule has 0 aliphatic carbocycles. The second-order valence-corrected chi connectivity index (χ2v) is 4.25. The summed E-state index contributed by atoms with van der Waals surface area (Å²) in [7, 11) is 0. The molecule has 0 aromatic heterocycles. The van der Waals surface area contributed by atoms with Crippen molar-refractivity contribution in [1.82, 2.24) is 0 Å². The van der Waals surface area contributed by atoms with Crippen molar-refractivity contribution in [2.45, 2.75) is 18.1 Å². The highest BCUT2D eigenvalue weighted by molar-refractivity contribution is 7.99. The smallest absolute Gasteiger partial charge is 0.209 e. The zero-order valence-electron chi connectivity index (χ0n) is 8.53. The van der Waals surface area contributed by atoms with Gasteiger partial charge in [-0.25, -0.2) is 0 Å². The van der Waals surface area contributed by atoms with E-state index in [0.717, 1.165) is 10.6 Å². The van der Waals surface area contributed by atoms with Crippen molar-refractivity contribution < 1.29 is 9.47 Å². The minimum absolute atomic E-state index is 0.225. The number of anilines is 2. The number of nitrogen functional groups attached to an aromatic ring is 2. The van der Waals surface area contributed by atoms with E-state index in [1.54, 1.807) is 23.9 Å². The fraction of sp³-hybridized carbons (Fsp3) is 0.400. The van der Waals surface area contributed by atoms with Gasteiger partial charge in [-0.1, -0.05) is 0 Å². The summed E-state index contributed by atoms with van der Waals surface area (Å²) in [5.74, 6) is 1.40. The molecule has 4 nitrogen and oxygen atoms in total. The summed E-state index contributed by atoms with van der Waals surface area (Å²) in [4.78, 5) is 0.922. The van der Waals surface area contributed by atoms with Crippen LogP contribution >= 0.6 is 11.8 Å². The number of thioether (sulfide) groups is 1. The number of hydrogen-bond donors (Lipinski definition) is 2. The van der Waals surface area contributed by atoms with E-state index in [-0.39, 0.29) is 6.29 Å². The van der Waals surface area contributed by atoms with Crippen molar-refractivity contribution in [3.8, 4) is 5.75 Å². The number of benzene rings is 1. The first-order chi connectivity index (χ1) is 7.22. The average Bonchev–Trinajstić information content (AvgIpc) is 2.24. The number of hydrogen-bond acceptors (Lipinski definition) is 5. The molecule has 0 bridgehead atoms. The van der Waals surface area contributed by atoms with Crippen molar-refractivity contribution in [1.29, 1.82) is 0 Å². The summed E-state index contributed by atoms with van der Waals surface area (Å²) in [6.45, 7) is 2.56. The molecular formula is C10H14N2O2S. The Hall–Kier alpha value is -1.07. The molecule has 0 saturated heterocycles. The standard InChI is InChI=1S/C10H14N2O2S/c1-2-13-8-5-15-10-7(12)4-3-6(11)9(10)14-8/h3-4,8H,2,5,11-12H2,1H3. The van der Waals surface area contributed by atoms with E-state index in [4.69, 9.17) is 20.9 Å². The minimum Gasteiger partial charge on any atom is -0.461 e. The highest BCUT2D eigenvalue weighted by atomic mass is 32.2. The zero-order chi connectivity index (χ0) is 10.8. The Labute approximate surface area is 92.9 Å². The molecule has 1 aromatic rings. The lowest BCUT2D eigenvalue weighted by Crippen LogP contribution is -2.27. The minimum atomic E-state index is -0.225. The van der Waals surface area contributed by atoms with Gasteiger partial charge < -0.3 is 20.9 Å². The number of fused-ring (bicyclic) bond motifs is 1. The van der Waals surface area contributed by atoms with E-state index >= 15 is 0 Å². The third kappa shape index (κ3) is 1.98. The van der Waals surface area contributed by atoms with Crippen LogP contribution in [0.5, 0.6) is 5.75 Å². The van der Waals surface area contributed by atoms with E-state index in [1.807, 2.05) is 6.92 Å². The molecule has 0 fully saturated rings. The van der Waals surface area contributed by atoms with Gasteiger partial charge in [-0.05, 0) is 19.1 Å². The predicted octanol–water partition coefficient (Wildman–Crippen LogP) is 1.70. The summed E-state index contributed by atoms with van der Waals surface area (Å²) in [5, 5.41) is 0. The third-order valence-electron chi connectivity index (χ3n) is 2.14. The van der Waals surface area contributed by atoms with Gasteiger partial charge in [0.05, 0.1) is 16.3 Å². The molecule has 0 spiro atoms. The van der Waals surface area contributed by atoms with E-state index in [2.05, 4.69) is 0 Å². The number of rotatable bonds is 2. The first kappa shape index (κ1) is 10.4. The van der Waals surface area contributed by atoms with Crippen LogP contribution < -0.4 is 16.2 Å². The first-order valence-electron chi connectivity index (χ1n) is 4.81. The molecule has 5 heteroatoms. The van der Waals surface area contributed by atoms with Gasteiger partial charge in [0.15, 0.2) is 5.75 Å². The predicted molar refractivity (Wildman–Crippen MR) is 62.0 cm³/mol. The summed E-state index contributed by atoms with van der Waals surface area (Å²) >= 11 is 1.62. The van der Waals surface area contributed by atoms with Crippen LogP contribution in [0.1, 0.15) is 6.92 Å². The summed E-state index contributed by atoms with van der Waals surface area (Å²) in [6, 6.07) is 3.55. The van der Waals surface area contributed by atoms with Gasteiger partial charge in [0, 0.05) is 12.3 Å². The molecule has 2 rings (SSSR count). The van der Waals surface area contributed by atoms with E-state index in [9.17, 15) is 0 Å². The van der Waals surface area contributed by atoms with E-state index in [0.29, 0.717) is 23.7 Å². The molecule has 4 N–H and O–H groups in total. The Balaban J connectivity index is 2.28. The van der Waals surface area contributed by atoms with Crippen molar-refractivity contribution >= 4 is 23.1 Å². The molecule has 15 heavy (non-hydrogen) atoms. The summed E-state index contributed by atoms with van der Waals surface area (Å²) in [5.41, 5.74) is 13.0. The van der Waals surface area contributed by atoms with Crippen LogP contribution in [-0.2, 0) is 4.74 Å². The van der Waals surface area contributed by atoms with Crippen LogP contribution in [-0.4, -0.2) is 18.6 Å². The number of nitrogens with two attached hydrogens (primary N) is 2. The molecule has 1 atom stereocenters. The second-order valence-electron chi connectivity index (χ2n) is 3.22. The Morgan fingerprint density at radius 2 is 2.20 bits per heavy atom. The maximum absolute atomic E-state index is 5.83. The molecule has 1 aliphatic rings. The van der Waals surface area contributed by atoms with Crippen LogP contribution in [0, 0.1) is 0 Å². The van der Waals surface area contributed by atoms with Crippen molar-refractivity contribution in [2.24, 2.45) is 0 Å². The Kier molecular flexibility index (Phi) is 2.93. The molecule has 82 valence electrons. The van der Waals surface area contributed by atoms with Crippen molar-refractivity contribution in [2.75, 3.05) is 23.8 Å². The molecule has 1 unspecified atom stereocenters. The van der Waals surface area contributed by atoms with Crippen LogP contribution in [0.25, 0.3) is 0 Å². The fourth-order valence-electron chi connectivity index (χ4n) is 1.45. The Morgan fingerprint density at radius 1 is 1.47 bits per heavy atom. The maximum Gasteiger partial charge on any atom is 0.209 e. The topological polar surface area (TPSA) is 70.5 Å². The lowest BCUT2D eigenvalue weighted by Gasteiger charge is -2.26. The Morgan fingerprint density at radius 3 is 2.93 bits per heavy atom. The van der Waals surface area contributed by atoms with Crippen molar-refractivity contribution in [3.05, 3.63) is 12.1 Å². The van der Waals surface area contributed by atoms with Gasteiger partial charge in [-0.2, -0.15) is 0 Å². The summed E-state index contributed by atoms with van der Waals surface area (Å²) in [6.07, 6.45) is -0.225. The Bertz CT molecular complexity index is 371. The summed E-state index contributed by atoms with van der Waals surface area (Å²) < 4.78 is 11.0. The lowest BCUT2D eigenvalue weighted by molar-refractivity contribution is -0.0609. The van der Waals surface area contributed by atoms with Gasteiger partial charge in [0.25, 0.3) is 0 Å². The zero-order valence-corrected chi connectivity index (χ0v) is 9.34. The van der Waals surface area contributed by atoms with Crippen LogP contribution in [0.3, 0.4) is 0 Å². The van der Waals surface area contributed by atoms with E-state index < -0.39 is 0 Å². The van der Waals surface area contributed by atoms with Gasteiger partial charge >= 0.3 is 0 Å². The fourth-order valence-corrected chi connectivity index (χ4v) is 2.45. The quantitative estimate of drug-likeness (QED) is 0.751. The third-order valence-corrected chi connectivity index (χ3v) is 3.29. The number of ether oxygens (including phenoxy) is 2. The largest absolute Gasteiger partial charge is 0.461 e. The molecule has 1 aromatic carbocycles. The molecule has 1 aliphatic heterocycles. The van der Waals surface area contributed by atoms with Crippen LogP contribution in [0.4, 0.5) is 11.4 Å². The first-order valence-corrected chi connectivity index (χ1v) is 5.80. The highest BCUT2D eigenvalue weighted by Crippen LogP contribution is 2.43. The van der Waals surface area contributed by atoms with Crippen LogP contribution in [0.2, 0.25) is 0 Å². The molecular weight excluding hydrogens is 212 g/mol. The highest BCUT2D eigenvalue weighted by Gasteiger charge is 2.24. The van der Waals surface area contributed by atoms with Gasteiger partial charge in [-0.15, -0.1) is 11.8 Å². The molecule has 0 radical (unpaired) electrons. The molecule has 0 saturated carbocycles. The van der Waals surface area contributed by atoms with Gasteiger partial charge in [0.1, 0.15) is 0 Å². The van der Waals surface area contributed by atoms with Gasteiger partial charge in [0.2, 0.25) is 6.29 Å². The second kappa shape index (κ2) is 4.20. The lowest BCUT2D eigenvalue weighted by atomic mass is 10.2. The maximum atomic E-state index is 5.83. The van der Waals surface area contributed by atoms with Crippen LogP contribution in [0.15, 0.2) is 17.0 Å². The SMILES string of the molecule is CCOC1CSc2c(N)ccc(N)c2O1. The normalized spacial score (nSPS) is 19.4. The molecule has 1 heterocycles. The monoisotopic (exact) mass is 226 g/mol.